The molecule has 31 heavy (non-hydrogen) atoms. The zero-order valence-corrected chi connectivity index (χ0v) is 17.6. The van der Waals surface area contributed by atoms with Crippen LogP contribution in [0.3, 0.4) is 0 Å². The van der Waals surface area contributed by atoms with Crippen LogP contribution in [0.25, 0.3) is 0 Å². The van der Waals surface area contributed by atoms with Gasteiger partial charge in [-0.1, -0.05) is 78.9 Å². The highest BCUT2D eigenvalue weighted by atomic mass is 16.5. The fourth-order valence-corrected chi connectivity index (χ4v) is 5.30. The average molecular weight is 411 g/mol. The van der Waals surface area contributed by atoms with Gasteiger partial charge in [0.25, 0.3) is 0 Å². The maximum absolute atomic E-state index is 12.3. The smallest absolute Gasteiger partial charge is 0.332 e. The van der Waals surface area contributed by atoms with Gasteiger partial charge in [0.15, 0.2) is 0 Å². The minimum Gasteiger partial charge on any atom is -0.466 e. The summed E-state index contributed by atoms with van der Waals surface area (Å²) in [5.41, 5.74) is 5.45. The second-order valence-corrected chi connectivity index (χ2v) is 8.24. The summed E-state index contributed by atoms with van der Waals surface area (Å²) in [5, 5.41) is 3.55. The van der Waals surface area contributed by atoms with Crippen molar-refractivity contribution in [1.29, 1.82) is 0 Å². The van der Waals surface area contributed by atoms with E-state index < -0.39 is 0 Å². The van der Waals surface area contributed by atoms with Crippen molar-refractivity contribution in [2.45, 2.75) is 24.4 Å². The lowest BCUT2D eigenvalue weighted by Gasteiger charge is -2.37. The summed E-state index contributed by atoms with van der Waals surface area (Å²) in [4.78, 5) is 14.9. The van der Waals surface area contributed by atoms with Gasteiger partial charge >= 0.3 is 5.97 Å². The van der Waals surface area contributed by atoms with Gasteiger partial charge in [0.1, 0.15) is 0 Å². The maximum Gasteiger partial charge on any atom is 0.332 e. The van der Waals surface area contributed by atoms with Crippen molar-refractivity contribution in [3.8, 4) is 0 Å². The van der Waals surface area contributed by atoms with Crippen LogP contribution in [-0.2, 0) is 21.5 Å². The summed E-state index contributed by atoms with van der Waals surface area (Å²) < 4.78 is 5.01. The lowest BCUT2D eigenvalue weighted by molar-refractivity contribution is -0.134. The lowest BCUT2D eigenvalue weighted by Crippen LogP contribution is -2.36. The number of nitrogens with zero attached hydrogens (tertiary/aromatic N) is 1. The van der Waals surface area contributed by atoms with Gasteiger partial charge in [-0.15, -0.1) is 0 Å². The Morgan fingerprint density at radius 2 is 1.71 bits per heavy atom. The summed E-state index contributed by atoms with van der Waals surface area (Å²) in [6, 6.07) is 29.8. The van der Waals surface area contributed by atoms with Gasteiger partial charge in [-0.05, 0) is 29.2 Å². The van der Waals surface area contributed by atoms with Crippen molar-refractivity contribution in [3.63, 3.8) is 0 Å². The molecule has 5 rings (SSSR count). The number of anilines is 1. The molecule has 0 amide bonds. The molecule has 1 fully saturated rings. The fraction of sp³-hybridized carbons (Fsp3) is 0.222. The number of likely N-dealkylation sites (tertiary alicyclic amines) is 1. The zero-order chi connectivity index (χ0) is 21.3. The molecule has 1 N–H and O–H groups in total. The molecule has 3 aromatic rings. The number of esters is 1. The van der Waals surface area contributed by atoms with Gasteiger partial charge in [0.2, 0.25) is 0 Å². The molecule has 2 heterocycles. The molecule has 3 aromatic carbocycles. The SMILES string of the molecule is COC(=O)/C=C1\Nc2ccccc2[C@]12CCN(Cc1ccccc1)[C@H]2c1ccccc1. The average Bonchev–Trinajstić information content (AvgIpc) is 3.34. The third kappa shape index (κ3) is 3.33. The Labute approximate surface area is 183 Å². The van der Waals surface area contributed by atoms with Gasteiger partial charge in [-0.25, -0.2) is 4.79 Å². The predicted molar refractivity (Wildman–Crippen MR) is 122 cm³/mol. The minimum absolute atomic E-state index is 0.0981. The van der Waals surface area contributed by atoms with Gasteiger partial charge in [0.05, 0.1) is 18.6 Å². The Kier molecular flexibility index (Phi) is 5.08. The van der Waals surface area contributed by atoms with Gasteiger partial charge in [0, 0.05) is 30.5 Å². The fourth-order valence-electron chi connectivity index (χ4n) is 5.30. The molecule has 0 bridgehead atoms. The van der Waals surface area contributed by atoms with E-state index >= 15 is 0 Å². The molecule has 2 aliphatic rings. The minimum atomic E-state index is -0.332. The van der Waals surface area contributed by atoms with Crippen LogP contribution in [0, 0.1) is 0 Å². The Hall–Kier alpha value is -3.37. The normalized spacial score (nSPS) is 23.6. The third-order valence-corrected chi connectivity index (χ3v) is 6.59. The van der Waals surface area contributed by atoms with Crippen LogP contribution in [0.1, 0.15) is 29.2 Å². The Bertz CT molecular complexity index is 1110. The monoisotopic (exact) mass is 410 g/mol. The van der Waals surface area contributed by atoms with Gasteiger partial charge in [-0.3, -0.25) is 4.90 Å². The number of hydrogen-bond acceptors (Lipinski definition) is 4. The standard InChI is InChI=1S/C27H26N2O2/c1-31-25(30)18-24-27(22-14-8-9-15-23(22)28-24)16-17-29(19-20-10-4-2-5-11-20)26(27)21-12-6-3-7-13-21/h2-15,18,26,28H,16-17,19H2,1H3/b24-18-/t26-,27+/m0/s1. The first-order valence-corrected chi connectivity index (χ1v) is 10.7. The number of para-hydroxylation sites is 1. The van der Waals surface area contributed by atoms with E-state index in [0.29, 0.717) is 0 Å². The first-order valence-electron chi connectivity index (χ1n) is 10.7. The van der Waals surface area contributed by atoms with E-state index in [-0.39, 0.29) is 17.4 Å². The number of hydrogen-bond donors (Lipinski definition) is 1. The van der Waals surface area contributed by atoms with Crippen molar-refractivity contribution in [2.24, 2.45) is 0 Å². The van der Waals surface area contributed by atoms with E-state index in [1.807, 2.05) is 6.07 Å². The quantitative estimate of drug-likeness (QED) is 0.483. The second-order valence-electron chi connectivity index (χ2n) is 8.24. The third-order valence-electron chi connectivity index (χ3n) is 6.59. The molecule has 2 aliphatic heterocycles. The first-order chi connectivity index (χ1) is 15.2. The van der Waals surface area contributed by atoms with Gasteiger partial charge in [-0.2, -0.15) is 0 Å². The lowest BCUT2D eigenvalue weighted by atomic mass is 9.71. The van der Waals surface area contributed by atoms with E-state index in [9.17, 15) is 4.79 Å². The van der Waals surface area contributed by atoms with Crippen molar-refractivity contribution in [1.82, 2.24) is 4.90 Å². The predicted octanol–water partition coefficient (Wildman–Crippen LogP) is 5.05. The number of fused-ring (bicyclic) bond motifs is 2. The van der Waals surface area contributed by atoms with E-state index in [0.717, 1.165) is 30.9 Å². The summed E-state index contributed by atoms with van der Waals surface area (Å²) in [6.07, 6.45) is 2.56. The maximum atomic E-state index is 12.3. The number of ether oxygens (including phenoxy) is 1. The zero-order valence-electron chi connectivity index (χ0n) is 17.6. The molecular weight excluding hydrogens is 384 g/mol. The summed E-state index contributed by atoms with van der Waals surface area (Å²) in [5.74, 6) is -0.331. The number of carbonyl (C=O) groups is 1. The molecule has 0 radical (unpaired) electrons. The highest BCUT2D eigenvalue weighted by molar-refractivity contribution is 5.86. The molecule has 4 heteroatoms. The van der Waals surface area contributed by atoms with Crippen LogP contribution in [0.2, 0.25) is 0 Å². The van der Waals surface area contributed by atoms with Crippen molar-refractivity contribution >= 4 is 11.7 Å². The summed E-state index contributed by atoms with van der Waals surface area (Å²) in [6.45, 7) is 1.79. The molecule has 4 nitrogen and oxygen atoms in total. The second kappa shape index (κ2) is 8.05. The molecule has 0 saturated carbocycles. The van der Waals surface area contributed by atoms with Crippen molar-refractivity contribution in [2.75, 3.05) is 19.0 Å². The molecule has 2 atom stereocenters. The van der Waals surface area contributed by atoms with Crippen LogP contribution in [0.15, 0.2) is 96.7 Å². The van der Waals surface area contributed by atoms with Crippen LogP contribution < -0.4 is 5.32 Å². The molecule has 0 aromatic heterocycles. The number of rotatable bonds is 4. The molecular formula is C27H26N2O2. The molecule has 1 spiro atoms. The van der Waals surface area contributed by atoms with Crippen LogP contribution >= 0.6 is 0 Å². The molecule has 156 valence electrons. The largest absolute Gasteiger partial charge is 0.466 e. The number of methoxy groups -OCH3 is 1. The van der Waals surface area contributed by atoms with E-state index in [1.54, 1.807) is 6.08 Å². The van der Waals surface area contributed by atoms with Gasteiger partial charge < -0.3 is 10.1 Å². The number of nitrogens with one attached hydrogen (secondary N) is 1. The Morgan fingerprint density at radius 1 is 1.03 bits per heavy atom. The highest BCUT2D eigenvalue weighted by Gasteiger charge is 2.55. The van der Waals surface area contributed by atoms with Crippen molar-refractivity contribution < 1.29 is 9.53 Å². The first kappa shape index (κ1) is 19.6. The number of carbonyl (C=O) groups excluding carboxylic acids is 1. The number of benzene rings is 3. The van der Waals surface area contributed by atoms with E-state index in [4.69, 9.17) is 4.74 Å². The summed E-state index contributed by atoms with van der Waals surface area (Å²) >= 11 is 0. The van der Waals surface area contributed by atoms with Crippen LogP contribution in [0.4, 0.5) is 5.69 Å². The van der Waals surface area contributed by atoms with E-state index in [2.05, 4.69) is 89.1 Å². The van der Waals surface area contributed by atoms with Crippen LogP contribution in [-0.4, -0.2) is 24.5 Å². The molecule has 0 unspecified atom stereocenters. The summed E-state index contributed by atoms with van der Waals surface area (Å²) in [7, 11) is 1.43. The van der Waals surface area contributed by atoms with E-state index in [1.165, 1.54) is 23.8 Å². The Balaban J connectivity index is 1.67. The highest BCUT2D eigenvalue weighted by Crippen LogP contribution is 2.58. The Morgan fingerprint density at radius 3 is 2.45 bits per heavy atom. The molecule has 0 aliphatic carbocycles. The van der Waals surface area contributed by atoms with Crippen LogP contribution in [0.5, 0.6) is 0 Å². The topological polar surface area (TPSA) is 41.6 Å². The van der Waals surface area contributed by atoms with Crippen molar-refractivity contribution in [3.05, 3.63) is 113 Å². The molecule has 1 saturated heterocycles.